The number of fused-ring (bicyclic) bond motifs is 1. The van der Waals surface area contributed by atoms with Gasteiger partial charge in [-0.25, -0.2) is 0 Å². The van der Waals surface area contributed by atoms with Gasteiger partial charge in [0.2, 0.25) is 17.7 Å². The average molecular weight is 596 g/mol. The third kappa shape index (κ3) is 5.23. The van der Waals surface area contributed by atoms with Crippen molar-refractivity contribution in [3.8, 4) is 0 Å². The highest BCUT2D eigenvalue weighted by atomic mass is 32.2. The fraction of sp³-hybridized carbons (Fsp3) is 0.618. The summed E-state index contributed by atoms with van der Waals surface area (Å²) in [5.41, 5.74) is 0.765. The molecular formula is C34H49N3O4S. The molecule has 3 aliphatic rings. The van der Waals surface area contributed by atoms with Crippen molar-refractivity contribution in [3.63, 3.8) is 0 Å². The maximum Gasteiger partial charge on any atom is 0.247 e. The molecule has 0 aliphatic carbocycles. The van der Waals surface area contributed by atoms with Crippen LogP contribution < -0.4 is 4.90 Å². The molecule has 4 rings (SSSR count). The third-order valence-electron chi connectivity index (χ3n) is 10.1. The standard InChI is InChI=1S/C34H49N3O4S/c1-8-15-24(6)35(20-9-2)32(41)29-34-19-18-33(7,42-34)27(28(34)31(40)37(29)26(22-38)23(5)11-4)30(39)36(21-10-3)25-16-13-12-14-17-25/h9-10,12-14,16-17,23-24,26-29,38H,2-3,8,11,15,18-22H2,1,4-7H3/t23-,24?,26-,27+,28-,29?,33-,34?/m0/s1. The van der Waals surface area contributed by atoms with Gasteiger partial charge in [0.25, 0.3) is 0 Å². The Kier molecular flexibility index (Phi) is 9.98. The molecule has 3 unspecified atom stereocenters. The first-order valence-electron chi connectivity index (χ1n) is 15.6. The molecule has 42 heavy (non-hydrogen) atoms. The van der Waals surface area contributed by atoms with Gasteiger partial charge in [0, 0.05) is 29.6 Å². The molecule has 0 saturated carbocycles. The first kappa shape index (κ1) is 32.3. The Labute approximate surface area is 256 Å². The minimum atomic E-state index is -0.755. The van der Waals surface area contributed by atoms with Crippen LogP contribution in [0.15, 0.2) is 55.6 Å². The molecule has 1 aromatic rings. The van der Waals surface area contributed by atoms with Crippen LogP contribution in [-0.2, 0) is 14.4 Å². The van der Waals surface area contributed by atoms with E-state index < -0.39 is 33.4 Å². The number of hydrogen-bond acceptors (Lipinski definition) is 5. The number of anilines is 1. The Bertz CT molecular complexity index is 1180. The van der Waals surface area contributed by atoms with Crippen LogP contribution in [-0.4, -0.2) is 79.9 Å². The van der Waals surface area contributed by atoms with Gasteiger partial charge < -0.3 is 19.8 Å². The number of likely N-dealkylation sites (tertiary alicyclic amines) is 1. The number of thioether (sulfide) groups is 1. The number of para-hydroxylation sites is 1. The molecule has 3 saturated heterocycles. The lowest BCUT2D eigenvalue weighted by atomic mass is 9.66. The number of rotatable bonds is 14. The smallest absolute Gasteiger partial charge is 0.247 e. The van der Waals surface area contributed by atoms with E-state index in [-0.39, 0.29) is 36.3 Å². The largest absolute Gasteiger partial charge is 0.394 e. The van der Waals surface area contributed by atoms with Crippen molar-refractivity contribution >= 4 is 35.2 Å². The molecule has 8 atom stereocenters. The fourth-order valence-corrected chi connectivity index (χ4v) is 10.1. The van der Waals surface area contributed by atoms with Crippen LogP contribution >= 0.6 is 11.8 Å². The molecule has 0 aromatic heterocycles. The normalized spacial score (nSPS) is 30.0. The quantitative estimate of drug-likeness (QED) is 0.296. The molecule has 2 bridgehead atoms. The van der Waals surface area contributed by atoms with Crippen LogP contribution in [0.3, 0.4) is 0 Å². The fourth-order valence-electron chi connectivity index (χ4n) is 7.78. The van der Waals surface area contributed by atoms with E-state index in [9.17, 15) is 19.5 Å². The number of amides is 3. The highest BCUT2D eigenvalue weighted by Gasteiger charge is 2.78. The molecule has 3 aliphatic heterocycles. The SMILES string of the molecule is C=CCN(C(=O)[C@H]1[C@H]2C(=O)N([C@@H](CO)[C@@H](C)CC)C(C(=O)N(CC=C)C(C)CCC)C23CC[C@]1(C)S3)c1ccccc1. The highest BCUT2D eigenvalue weighted by Crippen LogP contribution is 2.72. The van der Waals surface area contributed by atoms with E-state index in [1.165, 1.54) is 0 Å². The zero-order chi connectivity index (χ0) is 30.8. The molecule has 1 aromatic carbocycles. The first-order valence-corrected chi connectivity index (χ1v) is 16.4. The van der Waals surface area contributed by atoms with Crippen molar-refractivity contribution in [2.45, 2.75) is 94.3 Å². The van der Waals surface area contributed by atoms with Crippen LogP contribution in [0.2, 0.25) is 0 Å². The summed E-state index contributed by atoms with van der Waals surface area (Å²) >= 11 is 1.68. The summed E-state index contributed by atoms with van der Waals surface area (Å²) < 4.78 is -1.23. The zero-order valence-corrected chi connectivity index (χ0v) is 26.8. The topological polar surface area (TPSA) is 81.2 Å². The van der Waals surface area contributed by atoms with E-state index in [4.69, 9.17) is 0 Å². The maximum absolute atomic E-state index is 14.8. The molecular weight excluding hydrogens is 546 g/mol. The molecule has 3 heterocycles. The minimum Gasteiger partial charge on any atom is -0.394 e. The molecule has 7 nitrogen and oxygen atoms in total. The van der Waals surface area contributed by atoms with E-state index in [0.717, 1.165) is 31.4 Å². The van der Waals surface area contributed by atoms with E-state index in [1.807, 2.05) is 49.1 Å². The predicted octanol–water partition coefficient (Wildman–Crippen LogP) is 5.30. The number of carbonyl (C=O) groups is 3. The number of benzene rings is 1. The van der Waals surface area contributed by atoms with Gasteiger partial charge in [-0.05, 0) is 51.2 Å². The van der Waals surface area contributed by atoms with Crippen LogP contribution in [0.1, 0.15) is 66.7 Å². The second-order valence-electron chi connectivity index (χ2n) is 12.6. The number of carbonyl (C=O) groups excluding carboxylic acids is 3. The lowest BCUT2D eigenvalue weighted by molar-refractivity contribution is -0.148. The molecule has 230 valence electrons. The second-order valence-corrected chi connectivity index (χ2v) is 14.5. The molecule has 0 radical (unpaired) electrons. The molecule has 1 N–H and O–H groups in total. The Morgan fingerprint density at radius 2 is 1.79 bits per heavy atom. The molecule has 8 heteroatoms. The molecule has 1 spiro atoms. The van der Waals surface area contributed by atoms with E-state index >= 15 is 0 Å². The number of hydrogen-bond donors (Lipinski definition) is 1. The predicted molar refractivity (Wildman–Crippen MR) is 171 cm³/mol. The molecule has 3 amide bonds. The lowest BCUT2D eigenvalue weighted by Gasteiger charge is -2.42. The van der Waals surface area contributed by atoms with Gasteiger partial charge in [0.05, 0.1) is 29.2 Å². The van der Waals surface area contributed by atoms with Crippen LogP contribution in [0, 0.1) is 17.8 Å². The van der Waals surface area contributed by atoms with Gasteiger partial charge in [0.1, 0.15) is 6.04 Å². The molecule has 3 fully saturated rings. The van der Waals surface area contributed by atoms with Crippen molar-refractivity contribution in [3.05, 3.63) is 55.6 Å². The van der Waals surface area contributed by atoms with E-state index in [2.05, 4.69) is 33.9 Å². The minimum absolute atomic E-state index is 0.0149. The van der Waals surface area contributed by atoms with E-state index in [0.29, 0.717) is 19.5 Å². The van der Waals surface area contributed by atoms with Crippen molar-refractivity contribution in [2.24, 2.45) is 17.8 Å². The van der Waals surface area contributed by atoms with Gasteiger partial charge in [-0.15, -0.1) is 24.9 Å². The van der Waals surface area contributed by atoms with Gasteiger partial charge in [-0.1, -0.05) is 64.0 Å². The third-order valence-corrected chi connectivity index (χ3v) is 12.0. The van der Waals surface area contributed by atoms with Gasteiger partial charge in [-0.2, -0.15) is 0 Å². The van der Waals surface area contributed by atoms with Crippen molar-refractivity contribution < 1.29 is 19.5 Å². The Balaban J connectivity index is 1.86. The van der Waals surface area contributed by atoms with Crippen LogP contribution in [0.5, 0.6) is 0 Å². The maximum atomic E-state index is 14.8. The summed E-state index contributed by atoms with van der Waals surface area (Å²) in [5.74, 6) is -1.63. The Hall–Kier alpha value is -2.58. The van der Waals surface area contributed by atoms with Crippen LogP contribution in [0.4, 0.5) is 5.69 Å². The van der Waals surface area contributed by atoms with Crippen molar-refractivity contribution in [2.75, 3.05) is 24.6 Å². The van der Waals surface area contributed by atoms with Crippen molar-refractivity contribution in [1.29, 1.82) is 0 Å². The van der Waals surface area contributed by atoms with Gasteiger partial charge in [-0.3, -0.25) is 14.4 Å². The highest BCUT2D eigenvalue weighted by molar-refractivity contribution is 8.02. The van der Waals surface area contributed by atoms with E-state index in [1.54, 1.807) is 33.7 Å². The van der Waals surface area contributed by atoms with Gasteiger partial charge in [0.15, 0.2) is 0 Å². The Morgan fingerprint density at radius 3 is 2.36 bits per heavy atom. The number of aliphatic hydroxyl groups is 1. The summed E-state index contributed by atoms with van der Waals surface area (Å²) in [7, 11) is 0. The Morgan fingerprint density at radius 1 is 1.12 bits per heavy atom. The summed E-state index contributed by atoms with van der Waals surface area (Å²) in [4.78, 5) is 49.5. The summed E-state index contributed by atoms with van der Waals surface area (Å²) in [6, 6.07) is 8.23. The van der Waals surface area contributed by atoms with Crippen molar-refractivity contribution in [1.82, 2.24) is 9.80 Å². The lowest BCUT2D eigenvalue weighted by Crippen LogP contribution is -2.59. The summed E-state index contributed by atoms with van der Waals surface area (Å²) in [6.45, 7) is 18.6. The number of nitrogens with zero attached hydrogens (tertiary/aromatic N) is 3. The summed E-state index contributed by atoms with van der Waals surface area (Å²) in [5, 5.41) is 10.7. The average Bonchev–Trinajstić information content (AvgIpc) is 3.55. The zero-order valence-electron chi connectivity index (χ0n) is 26.0. The number of aliphatic hydroxyl groups excluding tert-OH is 1. The first-order chi connectivity index (χ1) is 20.1. The summed E-state index contributed by atoms with van der Waals surface area (Å²) in [6.07, 6.45) is 7.40. The second kappa shape index (κ2) is 13.0. The van der Waals surface area contributed by atoms with Crippen LogP contribution in [0.25, 0.3) is 0 Å². The monoisotopic (exact) mass is 595 g/mol. The van der Waals surface area contributed by atoms with Gasteiger partial charge >= 0.3 is 0 Å².